The van der Waals surface area contributed by atoms with Crippen LogP contribution in [0.1, 0.15) is 89.5 Å². The van der Waals surface area contributed by atoms with Crippen LogP contribution >= 0.6 is 0 Å². The Labute approximate surface area is 159 Å². The third kappa shape index (κ3) is 1.95. The first kappa shape index (κ1) is 17.8. The summed E-state index contributed by atoms with van der Waals surface area (Å²) in [5.41, 5.74) is 8.01. The molecule has 1 heteroatoms. The molecule has 1 nitrogen and oxygen atoms in total. The van der Waals surface area contributed by atoms with Gasteiger partial charge in [0.1, 0.15) is 5.92 Å². The summed E-state index contributed by atoms with van der Waals surface area (Å²) < 4.78 is 2.73. The Morgan fingerprint density at radius 1 is 1.00 bits per heavy atom. The van der Waals surface area contributed by atoms with Gasteiger partial charge in [0.15, 0.2) is 11.2 Å². The van der Waals surface area contributed by atoms with E-state index < -0.39 is 0 Å². The molecule has 0 saturated heterocycles. The summed E-state index contributed by atoms with van der Waals surface area (Å²) in [4.78, 5) is 0. The van der Waals surface area contributed by atoms with Crippen LogP contribution in [-0.4, -0.2) is 0 Å². The van der Waals surface area contributed by atoms with Crippen LogP contribution in [0.4, 0.5) is 0 Å². The van der Waals surface area contributed by atoms with Gasteiger partial charge in [0, 0.05) is 18.6 Å². The van der Waals surface area contributed by atoms with Crippen LogP contribution in [-0.2, 0) is 17.4 Å². The molecule has 0 bridgehead atoms. The van der Waals surface area contributed by atoms with E-state index in [2.05, 4.69) is 75.6 Å². The lowest BCUT2D eigenvalue weighted by atomic mass is 9.50. The predicted molar refractivity (Wildman–Crippen MR) is 110 cm³/mol. The number of pyridine rings is 1. The van der Waals surface area contributed by atoms with Gasteiger partial charge in [-0.15, -0.1) is 0 Å². The average molecular weight is 349 g/mol. The Balaban J connectivity index is 1.99. The highest BCUT2D eigenvalue weighted by atomic mass is 15.2. The highest BCUT2D eigenvalue weighted by molar-refractivity contribution is 5.67. The molecule has 3 heterocycles. The lowest BCUT2D eigenvalue weighted by molar-refractivity contribution is -0.823. The second kappa shape index (κ2) is 6.22. The van der Waals surface area contributed by atoms with Gasteiger partial charge in [-0.3, -0.25) is 0 Å². The molecule has 1 aromatic heterocycles. The summed E-state index contributed by atoms with van der Waals surface area (Å²) in [7, 11) is 0. The van der Waals surface area contributed by atoms with E-state index in [4.69, 9.17) is 0 Å². The summed E-state index contributed by atoms with van der Waals surface area (Å²) >= 11 is 0. The summed E-state index contributed by atoms with van der Waals surface area (Å²) in [5, 5.41) is 0. The largest absolute Gasteiger partial charge is 0.213 e. The first-order valence-corrected chi connectivity index (χ1v) is 10.8. The van der Waals surface area contributed by atoms with E-state index in [9.17, 15) is 0 Å². The quantitative estimate of drug-likeness (QED) is 0.541. The van der Waals surface area contributed by atoms with Gasteiger partial charge in [-0.2, -0.15) is 4.57 Å². The number of rotatable bonds is 6. The van der Waals surface area contributed by atoms with Crippen LogP contribution in [0, 0.1) is 0 Å². The third-order valence-electron chi connectivity index (χ3n) is 7.74. The number of benzene rings is 1. The SMILES string of the molecule is CCCCc1ccc2c(c1)-c1cccc3[n+]1C(CC)(C3CC)C2(C)CC. The van der Waals surface area contributed by atoms with Crippen molar-refractivity contribution in [3.05, 3.63) is 53.2 Å². The van der Waals surface area contributed by atoms with Crippen LogP contribution in [0.2, 0.25) is 0 Å². The van der Waals surface area contributed by atoms with Gasteiger partial charge < -0.3 is 0 Å². The van der Waals surface area contributed by atoms with Gasteiger partial charge in [0.2, 0.25) is 5.69 Å². The molecule has 2 aliphatic heterocycles. The zero-order valence-electron chi connectivity index (χ0n) is 17.2. The van der Waals surface area contributed by atoms with Crippen molar-refractivity contribution in [2.24, 2.45) is 0 Å². The molecule has 0 amide bonds. The fourth-order valence-corrected chi connectivity index (χ4v) is 6.31. The highest BCUT2D eigenvalue weighted by Crippen LogP contribution is 2.60. The van der Waals surface area contributed by atoms with Crippen molar-refractivity contribution in [3.8, 4) is 11.3 Å². The summed E-state index contributed by atoms with van der Waals surface area (Å²) in [6, 6.07) is 14.4. The Morgan fingerprint density at radius 3 is 2.46 bits per heavy atom. The van der Waals surface area contributed by atoms with Gasteiger partial charge in [-0.25, -0.2) is 0 Å². The van der Waals surface area contributed by atoms with Crippen LogP contribution < -0.4 is 4.57 Å². The number of aromatic nitrogens is 1. The molecule has 3 unspecified atom stereocenters. The fourth-order valence-electron chi connectivity index (χ4n) is 6.31. The maximum Gasteiger partial charge on any atom is 0.213 e. The topological polar surface area (TPSA) is 3.88 Å². The molecule has 0 spiro atoms. The van der Waals surface area contributed by atoms with Gasteiger partial charge in [-0.1, -0.05) is 46.2 Å². The molecule has 0 fully saturated rings. The highest BCUT2D eigenvalue weighted by Gasteiger charge is 2.71. The van der Waals surface area contributed by atoms with E-state index in [-0.39, 0.29) is 11.0 Å². The molecule has 4 rings (SSSR count). The predicted octanol–water partition coefficient (Wildman–Crippen LogP) is 6.28. The van der Waals surface area contributed by atoms with Crippen molar-refractivity contribution in [3.63, 3.8) is 0 Å². The Morgan fingerprint density at radius 2 is 1.81 bits per heavy atom. The molecule has 2 aromatic rings. The molecule has 0 aliphatic carbocycles. The van der Waals surface area contributed by atoms with Crippen LogP contribution in [0.25, 0.3) is 11.3 Å². The minimum atomic E-state index is 0.201. The molecule has 1 aromatic carbocycles. The summed E-state index contributed by atoms with van der Waals surface area (Å²) in [6.45, 7) is 12.0. The fraction of sp³-hybridized carbons (Fsp3) is 0.560. The Hall–Kier alpha value is -1.63. The van der Waals surface area contributed by atoms with Crippen LogP contribution in [0.3, 0.4) is 0 Å². The molecule has 0 N–H and O–H groups in total. The molecule has 2 aliphatic rings. The lowest BCUT2D eigenvalue weighted by Crippen LogP contribution is -2.80. The normalized spacial score (nSPS) is 28.3. The van der Waals surface area contributed by atoms with Crippen molar-refractivity contribution in [2.45, 2.75) is 90.0 Å². The zero-order chi connectivity index (χ0) is 18.5. The lowest BCUT2D eigenvalue weighted by Gasteiger charge is -2.56. The number of unbranched alkanes of at least 4 members (excludes halogenated alkanes) is 1. The third-order valence-corrected chi connectivity index (χ3v) is 7.74. The van der Waals surface area contributed by atoms with E-state index in [0.717, 1.165) is 0 Å². The Bertz CT molecular complexity index is 836. The monoisotopic (exact) mass is 348 g/mol. The molecule has 3 atom stereocenters. The van der Waals surface area contributed by atoms with Crippen LogP contribution in [0.15, 0.2) is 36.4 Å². The van der Waals surface area contributed by atoms with Gasteiger partial charge in [0.25, 0.3) is 0 Å². The average Bonchev–Trinajstić information content (AvgIpc) is 2.67. The van der Waals surface area contributed by atoms with E-state index in [1.165, 1.54) is 55.3 Å². The number of nitrogens with zero attached hydrogens (tertiary/aromatic N) is 1. The molecule has 138 valence electrons. The minimum absolute atomic E-state index is 0.201. The van der Waals surface area contributed by atoms with E-state index in [0.29, 0.717) is 5.92 Å². The molecule has 0 radical (unpaired) electrons. The standard InChI is InChI=1S/C25H34N/c1-6-10-12-18-15-16-21-19(17-18)22-13-11-14-23-20(7-2)25(9-4,26(22)23)24(21,5)8-3/h11,13-17,20H,6-10,12H2,1-5H3/q+1. The summed E-state index contributed by atoms with van der Waals surface area (Å²) in [6.07, 6.45) is 7.37. The van der Waals surface area contributed by atoms with Crippen molar-refractivity contribution >= 4 is 0 Å². The maximum atomic E-state index is 2.73. The zero-order valence-corrected chi connectivity index (χ0v) is 17.2. The van der Waals surface area contributed by atoms with Crippen molar-refractivity contribution in [1.29, 1.82) is 0 Å². The van der Waals surface area contributed by atoms with Gasteiger partial charge >= 0.3 is 0 Å². The van der Waals surface area contributed by atoms with Gasteiger partial charge in [0.05, 0.1) is 11.0 Å². The molecule has 0 saturated carbocycles. The molecular formula is C25H34N+. The second-order valence-corrected chi connectivity index (χ2v) is 8.58. The maximum absolute atomic E-state index is 2.73. The van der Waals surface area contributed by atoms with E-state index in [1.54, 1.807) is 11.3 Å². The van der Waals surface area contributed by atoms with Crippen molar-refractivity contribution < 1.29 is 4.57 Å². The second-order valence-electron chi connectivity index (χ2n) is 8.58. The first-order valence-electron chi connectivity index (χ1n) is 10.8. The number of hydrogen-bond acceptors (Lipinski definition) is 0. The minimum Gasteiger partial charge on any atom is -0.188 e. The number of hydrogen-bond donors (Lipinski definition) is 0. The smallest absolute Gasteiger partial charge is 0.188 e. The number of aryl methyl sites for hydroxylation is 1. The molecule has 26 heavy (non-hydrogen) atoms. The number of fused-ring (bicyclic) bond motifs is 2. The van der Waals surface area contributed by atoms with E-state index >= 15 is 0 Å². The summed E-state index contributed by atoms with van der Waals surface area (Å²) in [5.74, 6) is 0.672. The first-order chi connectivity index (χ1) is 12.6. The Kier molecular flexibility index (Phi) is 4.25. The molecular weight excluding hydrogens is 314 g/mol. The van der Waals surface area contributed by atoms with Crippen molar-refractivity contribution in [2.75, 3.05) is 0 Å². The van der Waals surface area contributed by atoms with Gasteiger partial charge in [-0.05, 0) is 55.9 Å². The van der Waals surface area contributed by atoms with Crippen molar-refractivity contribution in [1.82, 2.24) is 0 Å². The van der Waals surface area contributed by atoms with E-state index in [1.807, 2.05) is 0 Å². The van der Waals surface area contributed by atoms with Crippen LogP contribution in [0.5, 0.6) is 0 Å².